The number of benzene rings is 1. The summed E-state index contributed by atoms with van der Waals surface area (Å²) in [5.41, 5.74) is 2.89. The van der Waals surface area contributed by atoms with Crippen molar-refractivity contribution in [2.24, 2.45) is 0 Å². The molecule has 21 heavy (non-hydrogen) atoms. The lowest BCUT2D eigenvalue weighted by molar-refractivity contribution is 0.129. The first-order valence-electron chi connectivity index (χ1n) is 8.24. The highest BCUT2D eigenvalue weighted by molar-refractivity contribution is 5.40. The van der Waals surface area contributed by atoms with Crippen molar-refractivity contribution in [3.05, 3.63) is 29.3 Å². The van der Waals surface area contributed by atoms with E-state index < -0.39 is 0 Å². The van der Waals surface area contributed by atoms with Gasteiger partial charge < -0.3 is 10.1 Å². The molecule has 1 N–H and O–H groups in total. The zero-order valence-corrected chi connectivity index (χ0v) is 14.1. The van der Waals surface area contributed by atoms with Gasteiger partial charge in [-0.2, -0.15) is 0 Å². The molecule has 0 radical (unpaired) electrons. The number of ether oxygens (including phenoxy) is 1. The first kappa shape index (κ1) is 16.3. The van der Waals surface area contributed by atoms with E-state index in [0.717, 1.165) is 18.7 Å². The maximum Gasteiger partial charge on any atom is 0.119 e. The molecule has 0 aliphatic heterocycles. The number of hydrogen-bond acceptors (Lipinski definition) is 3. The minimum Gasteiger partial charge on any atom is -0.497 e. The molecular formula is C18H30N2O. The number of rotatable bonds is 6. The van der Waals surface area contributed by atoms with Gasteiger partial charge in [-0.15, -0.1) is 0 Å². The number of hydrogen-bond donors (Lipinski definition) is 1. The van der Waals surface area contributed by atoms with E-state index in [0.29, 0.717) is 18.1 Å². The summed E-state index contributed by atoms with van der Waals surface area (Å²) in [6, 6.07) is 8.16. The van der Waals surface area contributed by atoms with Crippen LogP contribution in [0.3, 0.4) is 0 Å². The summed E-state index contributed by atoms with van der Waals surface area (Å²) in [5, 5.41) is 3.71. The third-order valence-corrected chi connectivity index (χ3v) is 5.01. The zero-order valence-electron chi connectivity index (χ0n) is 14.1. The fourth-order valence-electron chi connectivity index (χ4n) is 3.43. The minimum atomic E-state index is 0.420. The van der Waals surface area contributed by atoms with E-state index in [1.165, 1.54) is 24.0 Å². The number of fused-ring (bicyclic) bond motifs is 1. The molecule has 0 amide bonds. The summed E-state index contributed by atoms with van der Waals surface area (Å²) in [4.78, 5) is 2.56. The Kier molecular flexibility index (Phi) is 5.65. The topological polar surface area (TPSA) is 24.5 Å². The van der Waals surface area contributed by atoms with Gasteiger partial charge in [-0.05, 0) is 63.0 Å². The molecule has 1 aliphatic carbocycles. The molecule has 3 nitrogen and oxygen atoms in total. The third kappa shape index (κ3) is 3.41. The summed E-state index contributed by atoms with van der Waals surface area (Å²) < 4.78 is 5.37. The standard InChI is InChI=1S/C18H30N2O/c1-6-13(3)20(4)17-11-8-14-12-15(21-5)9-10-16(14)18(17)19-7-2/h9-10,12-13,17-19H,6-8,11H2,1-5H3. The zero-order chi connectivity index (χ0) is 15.4. The molecule has 118 valence electrons. The molecule has 3 unspecified atom stereocenters. The summed E-state index contributed by atoms with van der Waals surface area (Å²) in [6.07, 6.45) is 3.54. The van der Waals surface area contributed by atoms with Crippen molar-refractivity contribution in [1.29, 1.82) is 0 Å². The highest BCUT2D eigenvalue weighted by Crippen LogP contribution is 2.35. The largest absolute Gasteiger partial charge is 0.497 e. The van der Waals surface area contributed by atoms with Crippen molar-refractivity contribution in [2.75, 3.05) is 20.7 Å². The van der Waals surface area contributed by atoms with Crippen LogP contribution in [0.2, 0.25) is 0 Å². The molecule has 1 aromatic carbocycles. The van der Waals surface area contributed by atoms with E-state index in [4.69, 9.17) is 4.74 Å². The second-order valence-corrected chi connectivity index (χ2v) is 6.13. The lowest BCUT2D eigenvalue weighted by Crippen LogP contribution is -2.48. The number of nitrogens with zero attached hydrogens (tertiary/aromatic N) is 1. The van der Waals surface area contributed by atoms with E-state index >= 15 is 0 Å². The van der Waals surface area contributed by atoms with Gasteiger partial charge in [0, 0.05) is 18.1 Å². The predicted molar refractivity (Wildman–Crippen MR) is 89.0 cm³/mol. The Morgan fingerprint density at radius 3 is 2.76 bits per heavy atom. The predicted octanol–water partition coefficient (Wildman–Crippen LogP) is 3.39. The van der Waals surface area contributed by atoms with Crippen LogP contribution in [0.1, 0.15) is 50.8 Å². The molecule has 1 aromatic rings. The Morgan fingerprint density at radius 1 is 1.38 bits per heavy atom. The van der Waals surface area contributed by atoms with Crippen molar-refractivity contribution in [1.82, 2.24) is 10.2 Å². The fraction of sp³-hybridized carbons (Fsp3) is 0.667. The van der Waals surface area contributed by atoms with Gasteiger partial charge in [0.25, 0.3) is 0 Å². The van der Waals surface area contributed by atoms with Gasteiger partial charge in [0.1, 0.15) is 5.75 Å². The van der Waals surface area contributed by atoms with Gasteiger partial charge in [-0.25, -0.2) is 0 Å². The minimum absolute atomic E-state index is 0.420. The van der Waals surface area contributed by atoms with Crippen molar-refractivity contribution in [3.8, 4) is 5.75 Å². The van der Waals surface area contributed by atoms with Crippen molar-refractivity contribution < 1.29 is 4.74 Å². The molecule has 1 aliphatic rings. The summed E-state index contributed by atoms with van der Waals surface area (Å²) in [7, 11) is 4.02. The molecule has 0 spiro atoms. The SMILES string of the molecule is CCNC1c2ccc(OC)cc2CCC1N(C)C(C)CC. The van der Waals surface area contributed by atoms with Gasteiger partial charge >= 0.3 is 0 Å². The van der Waals surface area contributed by atoms with Crippen LogP contribution in [-0.2, 0) is 6.42 Å². The van der Waals surface area contributed by atoms with Crippen LogP contribution < -0.4 is 10.1 Å². The van der Waals surface area contributed by atoms with Gasteiger partial charge in [0.15, 0.2) is 0 Å². The Hall–Kier alpha value is -1.06. The number of aryl methyl sites for hydroxylation is 1. The molecule has 2 rings (SSSR count). The molecule has 0 bridgehead atoms. The Morgan fingerprint density at radius 2 is 2.14 bits per heavy atom. The smallest absolute Gasteiger partial charge is 0.119 e. The summed E-state index contributed by atoms with van der Waals surface area (Å²) >= 11 is 0. The van der Waals surface area contributed by atoms with E-state index in [1.54, 1.807) is 7.11 Å². The Labute approximate surface area is 129 Å². The molecular weight excluding hydrogens is 260 g/mol. The average molecular weight is 290 g/mol. The molecule has 3 atom stereocenters. The highest BCUT2D eigenvalue weighted by atomic mass is 16.5. The van der Waals surface area contributed by atoms with Gasteiger partial charge in [0.05, 0.1) is 7.11 Å². The molecule has 0 saturated carbocycles. The van der Waals surface area contributed by atoms with Crippen molar-refractivity contribution in [2.45, 2.75) is 58.2 Å². The van der Waals surface area contributed by atoms with E-state index in [1.807, 2.05) is 0 Å². The molecule has 0 fully saturated rings. The molecule has 0 aromatic heterocycles. The van der Waals surface area contributed by atoms with Gasteiger partial charge in [-0.3, -0.25) is 4.90 Å². The first-order chi connectivity index (χ1) is 10.1. The summed E-state index contributed by atoms with van der Waals surface area (Å²) in [5.74, 6) is 0.970. The lowest BCUT2D eigenvalue weighted by atomic mass is 9.82. The number of likely N-dealkylation sites (N-methyl/N-ethyl adjacent to an activating group) is 2. The van der Waals surface area contributed by atoms with Crippen LogP contribution in [0.25, 0.3) is 0 Å². The quantitative estimate of drug-likeness (QED) is 0.869. The van der Waals surface area contributed by atoms with Crippen LogP contribution in [0.4, 0.5) is 0 Å². The fourth-order valence-corrected chi connectivity index (χ4v) is 3.43. The summed E-state index contributed by atoms with van der Waals surface area (Å²) in [6.45, 7) is 7.79. The normalized spacial score (nSPS) is 23.0. The van der Waals surface area contributed by atoms with E-state index in [2.05, 4.69) is 56.2 Å². The second kappa shape index (κ2) is 7.28. The molecule has 3 heteroatoms. The number of methoxy groups -OCH3 is 1. The van der Waals surface area contributed by atoms with Crippen LogP contribution >= 0.6 is 0 Å². The first-order valence-corrected chi connectivity index (χ1v) is 8.24. The van der Waals surface area contributed by atoms with Crippen LogP contribution in [0, 0.1) is 0 Å². The van der Waals surface area contributed by atoms with Crippen LogP contribution in [0.5, 0.6) is 5.75 Å². The third-order valence-electron chi connectivity index (χ3n) is 5.01. The Bertz CT molecular complexity index is 461. The monoisotopic (exact) mass is 290 g/mol. The van der Waals surface area contributed by atoms with Crippen molar-refractivity contribution in [3.63, 3.8) is 0 Å². The maximum absolute atomic E-state index is 5.37. The lowest BCUT2D eigenvalue weighted by Gasteiger charge is -2.42. The second-order valence-electron chi connectivity index (χ2n) is 6.13. The van der Waals surface area contributed by atoms with E-state index in [-0.39, 0.29) is 0 Å². The Balaban J connectivity index is 2.30. The average Bonchev–Trinajstić information content (AvgIpc) is 2.53. The number of nitrogens with one attached hydrogen (secondary N) is 1. The van der Waals surface area contributed by atoms with Crippen molar-refractivity contribution >= 4 is 0 Å². The molecule has 0 heterocycles. The van der Waals surface area contributed by atoms with Crippen LogP contribution in [-0.4, -0.2) is 37.7 Å². The maximum atomic E-state index is 5.37. The molecule has 0 saturated heterocycles. The van der Waals surface area contributed by atoms with Gasteiger partial charge in [0.2, 0.25) is 0 Å². The van der Waals surface area contributed by atoms with Gasteiger partial charge in [-0.1, -0.05) is 19.9 Å². The van der Waals surface area contributed by atoms with Crippen LogP contribution in [0.15, 0.2) is 18.2 Å². The highest BCUT2D eigenvalue weighted by Gasteiger charge is 2.33. The van der Waals surface area contributed by atoms with E-state index in [9.17, 15) is 0 Å².